The maximum Gasteiger partial charge on any atom is 0.231 e. The lowest BCUT2D eigenvalue weighted by molar-refractivity contribution is 0.174. The Kier molecular flexibility index (Phi) is 5.66. The number of hydrogen-bond acceptors (Lipinski definition) is 9. The average Bonchev–Trinajstić information content (AvgIpc) is 3.24. The highest BCUT2D eigenvalue weighted by molar-refractivity contribution is 9.10. The number of nitrogens with one attached hydrogen (secondary N) is 2. The predicted octanol–water partition coefficient (Wildman–Crippen LogP) is 4.48. The van der Waals surface area contributed by atoms with Gasteiger partial charge >= 0.3 is 0 Å². The van der Waals surface area contributed by atoms with E-state index in [0.29, 0.717) is 46.2 Å². The molecule has 0 saturated carbocycles. The van der Waals surface area contributed by atoms with Crippen molar-refractivity contribution in [3.05, 3.63) is 41.0 Å². The summed E-state index contributed by atoms with van der Waals surface area (Å²) in [6.07, 6.45) is 1.64. The van der Waals surface area contributed by atoms with Crippen LogP contribution in [-0.4, -0.2) is 38.1 Å². The SMILES string of the molecule is COc1cc(Nc2nccc(Nc3c(Br)ccc4c3OCO4)n2)cc(OC)c1OC. The van der Waals surface area contributed by atoms with E-state index in [4.69, 9.17) is 23.7 Å². The third-order valence-corrected chi connectivity index (χ3v) is 4.98. The zero-order valence-electron chi connectivity index (χ0n) is 16.5. The quantitative estimate of drug-likeness (QED) is 0.513. The Labute approximate surface area is 181 Å². The number of rotatable bonds is 7. The van der Waals surface area contributed by atoms with Gasteiger partial charge in [0.25, 0.3) is 0 Å². The van der Waals surface area contributed by atoms with Gasteiger partial charge < -0.3 is 34.3 Å². The van der Waals surface area contributed by atoms with E-state index in [-0.39, 0.29) is 6.79 Å². The van der Waals surface area contributed by atoms with Crippen molar-refractivity contribution < 1.29 is 23.7 Å². The second-order valence-corrected chi connectivity index (χ2v) is 6.94. The Morgan fingerprint density at radius 2 is 1.73 bits per heavy atom. The first kappa shape index (κ1) is 19.9. The zero-order valence-corrected chi connectivity index (χ0v) is 18.1. The Hall–Kier alpha value is -3.40. The molecule has 1 aliphatic rings. The molecule has 1 aromatic heterocycles. The number of nitrogens with zero attached hydrogens (tertiary/aromatic N) is 2. The molecular weight excluding hydrogens is 456 g/mol. The fraction of sp³-hybridized carbons (Fsp3) is 0.200. The summed E-state index contributed by atoms with van der Waals surface area (Å²) in [6, 6.07) is 9.02. The van der Waals surface area contributed by atoms with Gasteiger partial charge in [-0.15, -0.1) is 0 Å². The van der Waals surface area contributed by atoms with E-state index in [9.17, 15) is 0 Å². The Morgan fingerprint density at radius 1 is 0.967 bits per heavy atom. The molecule has 156 valence electrons. The third kappa shape index (κ3) is 3.86. The highest BCUT2D eigenvalue weighted by atomic mass is 79.9. The van der Waals surface area contributed by atoms with Crippen molar-refractivity contribution in [2.45, 2.75) is 0 Å². The first-order valence-corrected chi connectivity index (χ1v) is 9.67. The molecule has 1 aliphatic heterocycles. The van der Waals surface area contributed by atoms with Gasteiger partial charge in [0, 0.05) is 28.5 Å². The van der Waals surface area contributed by atoms with Gasteiger partial charge in [-0.1, -0.05) is 0 Å². The van der Waals surface area contributed by atoms with Crippen LogP contribution in [0.2, 0.25) is 0 Å². The summed E-state index contributed by atoms with van der Waals surface area (Å²) in [7, 11) is 4.67. The minimum absolute atomic E-state index is 0.179. The lowest BCUT2D eigenvalue weighted by Crippen LogP contribution is -2.02. The molecule has 30 heavy (non-hydrogen) atoms. The van der Waals surface area contributed by atoms with Crippen LogP contribution in [0, 0.1) is 0 Å². The molecule has 0 bridgehead atoms. The molecule has 2 N–H and O–H groups in total. The van der Waals surface area contributed by atoms with Crippen LogP contribution in [0.25, 0.3) is 0 Å². The van der Waals surface area contributed by atoms with Crippen LogP contribution < -0.4 is 34.3 Å². The Morgan fingerprint density at radius 3 is 2.43 bits per heavy atom. The summed E-state index contributed by atoms with van der Waals surface area (Å²) in [5, 5.41) is 6.40. The molecule has 2 heterocycles. The van der Waals surface area contributed by atoms with Crippen molar-refractivity contribution in [3.63, 3.8) is 0 Å². The van der Waals surface area contributed by atoms with E-state index < -0.39 is 0 Å². The van der Waals surface area contributed by atoms with Gasteiger partial charge in [-0.05, 0) is 34.1 Å². The molecular formula is C20H19BrN4O5. The highest BCUT2D eigenvalue weighted by Crippen LogP contribution is 2.44. The second-order valence-electron chi connectivity index (χ2n) is 6.09. The third-order valence-electron chi connectivity index (χ3n) is 4.32. The predicted molar refractivity (Wildman–Crippen MR) is 115 cm³/mol. The fourth-order valence-electron chi connectivity index (χ4n) is 2.96. The maximum atomic E-state index is 5.57. The minimum atomic E-state index is 0.179. The Balaban J connectivity index is 1.60. The first-order chi connectivity index (χ1) is 14.6. The Bertz CT molecular complexity index is 1050. The van der Waals surface area contributed by atoms with Crippen LogP contribution in [0.1, 0.15) is 0 Å². The molecule has 0 saturated heterocycles. The molecule has 2 aromatic carbocycles. The summed E-state index contributed by atoms with van der Waals surface area (Å²) < 4.78 is 28.0. The summed E-state index contributed by atoms with van der Waals surface area (Å²) in [5.41, 5.74) is 1.41. The lowest BCUT2D eigenvalue weighted by Gasteiger charge is -2.15. The topological polar surface area (TPSA) is 96.0 Å². The number of aromatic nitrogens is 2. The number of fused-ring (bicyclic) bond motifs is 1. The van der Waals surface area contributed by atoms with E-state index in [1.165, 1.54) is 0 Å². The molecule has 3 aromatic rings. The van der Waals surface area contributed by atoms with Gasteiger partial charge in [-0.3, -0.25) is 0 Å². The summed E-state index contributed by atoms with van der Waals surface area (Å²) in [5.74, 6) is 3.81. The number of anilines is 4. The molecule has 4 rings (SSSR count). The second kappa shape index (κ2) is 8.54. The van der Waals surface area contributed by atoms with Crippen LogP contribution in [0.15, 0.2) is 41.0 Å². The van der Waals surface area contributed by atoms with Gasteiger partial charge in [0.2, 0.25) is 18.5 Å². The molecule has 0 atom stereocenters. The number of benzene rings is 2. The molecule has 0 aliphatic carbocycles. The van der Waals surface area contributed by atoms with Gasteiger partial charge in [0.15, 0.2) is 23.0 Å². The van der Waals surface area contributed by atoms with Crippen LogP contribution in [0.3, 0.4) is 0 Å². The monoisotopic (exact) mass is 474 g/mol. The fourth-order valence-corrected chi connectivity index (χ4v) is 3.38. The largest absolute Gasteiger partial charge is 0.493 e. The van der Waals surface area contributed by atoms with Gasteiger partial charge in [-0.25, -0.2) is 4.98 Å². The van der Waals surface area contributed by atoms with E-state index in [2.05, 4.69) is 36.5 Å². The molecule has 0 fully saturated rings. The summed E-state index contributed by atoms with van der Waals surface area (Å²) >= 11 is 3.53. The van der Waals surface area contributed by atoms with Crippen LogP contribution in [-0.2, 0) is 0 Å². The molecule has 0 unspecified atom stereocenters. The van der Waals surface area contributed by atoms with Crippen molar-refractivity contribution in [1.82, 2.24) is 9.97 Å². The number of halogens is 1. The molecule has 0 amide bonds. The molecule has 0 radical (unpaired) electrons. The van der Waals surface area contributed by atoms with Gasteiger partial charge in [0.05, 0.1) is 21.3 Å². The van der Waals surface area contributed by atoms with Crippen molar-refractivity contribution in [2.75, 3.05) is 38.8 Å². The summed E-state index contributed by atoms with van der Waals surface area (Å²) in [6.45, 7) is 0.179. The minimum Gasteiger partial charge on any atom is -0.493 e. The average molecular weight is 475 g/mol. The van der Waals surface area contributed by atoms with Crippen LogP contribution in [0.5, 0.6) is 28.7 Å². The lowest BCUT2D eigenvalue weighted by atomic mass is 10.2. The summed E-state index contributed by atoms with van der Waals surface area (Å²) in [4.78, 5) is 8.80. The van der Waals surface area contributed by atoms with Crippen molar-refractivity contribution >= 4 is 39.1 Å². The van der Waals surface area contributed by atoms with Crippen LogP contribution >= 0.6 is 15.9 Å². The molecule has 9 nitrogen and oxygen atoms in total. The van der Waals surface area contributed by atoms with Crippen molar-refractivity contribution in [1.29, 1.82) is 0 Å². The number of methoxy groups -OCH3 is 3. The number of ether oxygens (including phenoxy) is 5. The molecule has 0 spiro atoms. The molecule has 10 heteroatoms. The van der Waals surface area contributed by atoms with Gasteiger partial charge in [-0.2, -0.15) is 4.98 Å². The van der Waals surface area contributed by atoms with E-state index >= 15 is 0 Å². The van der Waals surface area contributed by atoms with Gasteiger partial charge in [0.1, 0.15) is 11.5 Å². The van der Waals surface area contributed by atoms with E-state index in [1.807, 2.05) is 12.1 Å². The highest BCUT2D eigenvalue weighted by Gasteiger charge is 2.21. The number of hydrogen-bond donors (Lipinski definition) is 2. The van der Waals surface area contributed by atoms with Crippen molar-refractivity contribution in [2.24, 2.45) is 0 Å². The standard InChI is InChI=1S/C20H19BrN4O5/c1-26-14-8-11(9-15(27-2)18(14)28-3)23-20-22-7-6-16(25-20)24-17-12(21)4-5-13-19(17)30-10-29-13/h4-9H,10H2,1-3H3,(H2,22,23,24,25). The first-order valence-electron chi connectivity index (χ1n) is 8.88. The van der Waals surface area contributed by atoms with E-state index in [1.54, 1.807) is 45.7 Å². The zero-order chi connectivity index (χ0) is 21.1. The smallest absolute Gasteiger partial charge is 0.231 e. The van der Waals surface area contributed by atoms with Crippen molar-refractivity contribution in [3.8, 4) is 28.7 Å². The van der Waals surface area contributed by atoms with Crippen LogP contribution in [0.4, 0.5) is 23.1 Å². The normalized spacial score (nSPS) is 11.7. The van der Waals surface area contributed by atoms with E-state index in [0.717, 1.165) is 10.2 Å². The maximum absolute atomic E-state index is 5.57.